The van der Waals surface area contributed by atoms with E-state index in [0.717, 1.165) is 36.8 Å². The standard InChI is InChI=1S/C16H17N2O2/c1-13-9-14(5-6-15(13)17-11-19)10-16(18-12-20)7-3-2-4-8-16/h5-7,9H,2-4,8,10H2,1H3. The second-order valence-electron chi connectivity index (χ2n) is 5.26. The lowest BCUT2D eigenvalue weighted by atomic mass is 9.78. The lowest BCUT2D eigenvalue weighted by Gasteiger charge is -2.32. The summed E-state index contributed by atoms with van der Waals surface area (Å²) in [6.07, 6.45) is 10.2. The van der Waals surface area contributed by atoms with E-state index >= 15 is 0 Å². The minimum Gasteiger partial charge on any atom is -0.211 e. The van der Waals surface area contributed by atoms with Gasteiger partial charge in [-0.3, -0.25) is 0 Å². The van der Waals surface area contributed by atoms with Crippen LogP contribution in [0.25, 0.3) is 0 Å². The third kappa shape index (κ3) is 3.30. The molecule has 0 bridgehead atoms. The Morgan fingerprint density at radius 3 is 2.70 bits per heavy atom. The van der Waals surface area contributed by atoms with Crippen LogP contribution in [-0.2, 0) is 16.0 Å². The summed E-state index contributed by atoms with van der Waals surface area (Å²) in [6, 6.07) is 5.71. The molecule has 4 nitrogen and oxygen atoms in total. The van der Waals surface area contributed by atoms with Gasteiger partial charge in [0.2, 0.25) is 12.2 Å². The minimum atomic E-state index is -0.415. The van der Waals surface area contributed by atoms with Gasteiger partial charge in [0.05, 0.1) is 11.2 Å². The van der Waals surface area contributed by atoms with Crippen molar-refractivity contribution in [2.75, 3.05) is 0 Å². The average Bonchev–Trinajstić information content (AvgIpc) is 2.43. The maximum Gasteiger partial charge on any atom is 0.240 e. The topological polar surface area (TPSA) is 58.9 Å². The summed E-state index contributed by atoms with van der Waals surface area (Å²) in [5.41, 5.74) is 2.22. The van der Waals surface area contributed by atoms with Crippen molar-refractivity contribution in [1.29, 1.82) is 0 Å². The molecule has 20 heavy (non-hydrogen) atoms. The number of carbonyl (C=O) groups excluding carboxylic acids is 2. The Morgan fingerprint density at radius 1 is 1.25 bits per heavy atom. The molecule has 1 fully saturated rings. The fourth-order valence-corrected chi connectivity index (χ4v) is 2.80. The fraction of sp³-hybridized carbons (Fsp3) is 0.438. The first-order valence-electron chi connectivity index (χ1n) is 6.80. The molecule has 1 radical (unpaired) electrons. The van der Waals surface area contributed by atoms with Crippen molar-refractivity contribution in [3.8, 4) is 0 Å². The lowest BCUT2D eigenvalue weighted by Crippen LogP contribution is -2.32. The molecule has 2 rings (SSSR count). The van der Waals surface area contributed by atoms with Gasteiger partial charge in [0.25, 0.3) is 0 Å². The number of benzene rings is 1. The lowest BCUT2D eigenvalue weighted by molar-refractivity contribution is 0.374. The third-order valence-corrected chi connectivity index (χ3v) is 3.79. The van der Waals surface area contributed by atoms with E-state index in [-0.39, 0.29) is 0 Å². The summed E-state index contributed by atoms with van der Waals surface area (Å²) in [5.74, 6) is 0. The first kappa shape index (κ1) is 14.4. The molecule has 0 spiro atoms. The average molecular weight is 269 g/mol. The largest absolute Gasteiger partial charge is 0.240 e. The van der Waals surface area contributed by atoms with Crippen LogP contribution in [-0.4, -0.2) is 17.7 Å². The van der Waals surface area contributed by atoms with Crippen molar-refractivity contribution in [2.45, 2.75) is 44.6 Å². The van der Waals surface area contributed by atoms with Gasteiger partial charge in [-0.2, -0.15) is 9.98 Å². The summed E-state index contributed by atoms with van der Waals surface area (Å²) in [4.78, 5) is 28.7. The van der Waals surface area contributed by atoms with Crippen LogP contribution in [0, 0.1) is 13.3 Å². The van der Waals surface area contributed by atoms with Crippen LogP contribution in [0.2, 0.25) is 0 Å². The molecule has 1 aromatic carbocycles. The number of aryl methyl sites for hydroxylation is 1. The molecule has 0 aliphatic heterocycles. The van der Waals surface area contributed by atoms with Gasteiger partial charge in [0.1, 0.15) is 0 Å². The molecular weight excluding hydrogens is 252 g/mol. The van der Waals surface area contributed by atoms with E-state index in [1.807, 2.05) is 19.1 Å². The van der Waals surface area contributed by atoms with Gasteiger partial charge in [0.15, 0.2) is 0 Å². The Labute approximate surface area is 118 Å². The number of hydrogen-bond acceptors (Lipinski definition) is 4. The van der Waals surface area contributed by atoms with E-state index in [1.54, 1.807) is 18.2 Å². The van der Waals surface area contributed by atoms with E-state index in [2.05, 4.69) is 16.4 Å². The zero-order chi connectivity index (χ0) is 14.4. The van der Waals surface area contributed by atoms with Crippen LogP contribution in [0.4, 0.5) is 5.69 Å². The van der Waals surface area contributed by atoms with Gasteiger partial charge in [-0.25, -0.2) is 9.59 Å². The molecule has 1 aromatic rings. The Kier molecular flexibility index (Phi) is 4.62. The van der Waals surface area contributed by atoms with Crippen molar-refractivity contribution >= 4 is 17.8 Å². The van der Waals surface area contributed by atoms with Crippen LogP contribution in [0.5, 0.6) is 0 Å². The maximum absolute atomic E-state index is 10.7. The predicted octanol–water partition coefficient (Wildman–Crippen LogP) is 3.36. The Bertz CT molecular complexity index is 576. The molecule has 1 aliphatic rings. The van der Waals surface area contributed by atoms with Gasteiger partial charge >= 0.3 is 0 Å². The van der Waals surface area contributed by atoms with Gasteiger partial charge in [-0.15, -0.1) is 0 Å². The molecule has 0 N–H and O–H groups in total. The molecule has 0 amide bonds. The number of aliphatic imine (C=N–C) groups is 2. The normalized spacial score (nSPS) is 16.9. The predicted molar refractivity (Wildman–Crippen MR) is 76.3 cm³/mol. The number of isocyanates is 2. The van der Waals surface area contributed by atoms with E-state index < -0.39 is 5.54 Å². The number of hydrogen-bond donors (Lipinski definition) is 0. The van der Waals surface area contributed by atoms with Crippen molar-refractivity contribution in [3.63, 3.8) is 0 Å². The molecule has 1 saturated carbocycles. The van der Waals surface area contributed by atoms with Gasteiger partial charge in [0, 0.05) is 0 Å². The highest BCUT2D eigenvalue weighted by Crippen LogP contribution is 2.34. The highest BCUT2D eigenvalue weighted by atomic mass is 16.1. The quantitative estimate of drug-likeness (QED) is 0.621. The Hall–Kier alpha value is -2.02. The van der Waals surface area contributed by atoms with Crippen LogP contribution in [0.1, 0.15) is 36.8 Å². The molecule has 1 atom stereocenters. The minimum absolute atomic E-state index is 0.415. The van der Waals surface area contributed by atoms with Crippen molar-refractivity contribution < 1.29 is 9.59 Å². The molecule has 0 saturated heterocycles. The summed E-state index contributed by atoms with van der Waals surface area (Å²) < 4.78 is 0. The van der Waals surface area contributed by atoms with E-state index in [0.29, 0.717) is 12.1 Å². The van der Waals surface area contributed by atoms with Gasteiger partial charge in [-0.05, 0) is 49.8 Å². The molecule has 1 aliphatic carbocycles. The SMILES string of the molecule is Cc1cc(CC2(N=C=O)[CH]CCCC2)ccc1N=C=O. The van der Waals surface area contributed by atoms with Gasteiger partial charge < -0.3 is 0 Å². The number of rotatable bonds is 4. The molecular formula is C16H17N2O2. The first-order chi connectivity index (χ1) is 9.69. The zero-order valence-electron chi connectivity index (χ0n) is 11.6. The molecule has 0 heterocycles. The Balaban J connectivity index is 2.25. The van der Waals surface area contributed by atoms with Crippen molar-refractivity contribution in [2.24, 2.45) is 9.98 Å². The van der Waals surface area contributed by atoms with E-state index in [1.165, 1.54) is 0 Å². The van der Waals surface area contributed by atoms with Gasteiger partial charge in [-0.1, -0.05) is 25.0 Å². The molecule has 103 valence electrons. The number of nitrogens with zero attached hydrogens (tertiary/aromatic N) is 2. The maximum atomic E-state index is 10.7. The third-order valence-electron chi connectivity index (χ3n) is 3.79. The van der Waals surface area contributed by atoms with Crippen molar-refractivity contribution in [1.82, 2.24) is 0 Å². The summed E-state index contributed by atoms with van der Waals surface area (Å²) in [6.45, 7) is 1.90. The first-order valence-corrected chi connectivity index (χ1v) is 6.80. The molecule has 4 heteroatoms. The second-order valence-corrected chi connectivity index (χ2v) is 5.26. The summed E-state index contributed by atoms with van der Waals surface area (Å²) in [7, 11) is 0. The fourth-order valence-electron chi connectivity index (χ4n) is 2.80. The Morgan fingerprint density at radius 2 is 2.10 bits per heavy atom. The van der Waals surface area contributed by atoms with Crippen LogP contribution in [0.3, 0.4) is 0 Å². The zero-order valence-corrected chi connectivity index (χ0v) is 11.6. The summed E-state index contributed by atoms with van der Waals surface area (Å²) in [5, 5.41) is 0. The van der Waals surface area contributed by atoms with Crippen LogP contribution >= 0.6 is 0 Å². The monoisotopic (exact) mass is 269 g/mol. The molecule has 1 unspecified atom stereocenters. The molecule has 0 aromatic heterocycles. The van der Waals surface area contributed by atoms with Crippen LogP contribution in [0.15, 0.2) is 28.2 Å². The second kappa shape index (κ2) is 6.42. The van der Waals surface area contributed by atoms with E-state index in [9.17, 15) is 9.59 Å². The smallest absolute Gasteiger partial charge is 0.211 e. The van der Waals surface area contributed by atoms with Crippen LogP contribution < -0.4 is 0 Å². The van der Waals surface area contributed by atoms with E-state index in [4.69, 9.17) is 0 Å². The highest BCUT2D eigenvalue weighted by Gasteiger charge is 2.32. The summed E-state index contributed by atoms with van der Waals surface area (Å²) >= 11 is 0. The highest BCUT2D eigenvalue weighted by molar-refractivity contribution is 5.54. The van der Waals surface area contributed by atoms with Crippen molar-refractivity contribution in [3.05, 3.63) is 35.7 Å².